The number of aliphatic hydroxyl groups is 1. The van der Waals surface area contributed by atoms with E-state index in [9.17, 15) is 5.11 Å². The van der Waals surface area contributed by atoms with Crippen LogP contribution in [0, 0.1) is 0 Å². The molecule has 0 radical (unpaired) electrons. The molecule has 0 aliphatic carbocycles. The highest BCUT2D eigenvalue weighted by atomic mass is 16.5. The largest absolute Gasteiger partial charge is 0.489 e. The van der Waals surface area contributed by atoms with Crippen LogP contribution >= 0.6 is 0 Å². The molecule has 4 rings (SSSR count). The lowest BCUT2D eigenvalue weighted by atomic mass is 9.75. The zero-order valence-corrected chi connectivity index (χ0v) is 14.9. The predicted octanol–water partition coefficient (Wildman–Crippen LogP) is 4.46. The second kappa shape index (κ2) is 7.48. The summed E-state index contributed by atoms with van der Waals surface area (Å²) >= 11 is 0. The molecule has 3 heteroatoms. The number of aliphatic hydroxyl groups excluding tert-OH is 1. The average Bonchev–Trinajstić information content (AvgIpc) is 2.73. The number of ether oxygens (including phenoxy) is 2. The summed E-state index contributed by atoms with van der Waals surface area (Å²) in [6.45, 7) is 2.07. The highest BCUT2D eigenvalue weighted by Gasteiger charge is 2.34. The first-order chi connectivity index (χ1) is 12.8. The van der Waals surface area contributed by atoms with E-state index < -0.39 is 0 Å². The standard InChI is InChI=1S/C23H24O3/c24-17-23(10-12-25-13-11-23)21-6-3-7-22(15-21)26-16-18-8-9-19-4-1-2-5-20(19)14-18/h1-9,14-15,24H,10-13,16-17H2. The van der Waals surface area contributed by atoms with Crippen molar-refractivity contribution in [3.8, 4) is 5.75 Å². The van der Waals surface area contributed by atoms with Gasteiger partial charge in [0.2, 0.25) is 0 Å². The van der Waals surface area contributed by atoms with Gasteiger partial charge < -0.3 is 14.6 Å². The predicted molar refractivity (Wildman–Crippen MR) is 104 cm³/mol. The van der Waals surface area contributed by atoms with E-state index in [0.29, 0.717) is 19.8 Å². The van der Waals surface area contributed by atoms with Gasteiger partial charge in [-0.05, 0) is 52.9 Å². The molecular weight excluding hydrogens is 324 g/mol. The fourth-order valence-electron chi connectivity index (χ4n) is 3.71. The molecule has 1 aliphatic heterocycles. The molecule has 1 heterocycles. The summed E-state index contributed by atoms with van der Waals surface area (Å²) in [6, 6.07) is 22.9. The minimum Gasteiger partial charge on any atom is -0.489 e. The fraction of sp³-hybridized carbons (Fsp3) is 0.304. The minimum atomic E-state index is -0.208. The first kappa shape index (κ1) is 17.1. The second-order valence-electron chi connectivity index (χ2n) is 7.05. The molecule has 0 amide bonds. The molecule has 3 aromatic carbocycles. The molecule has 3 aromatic rings. The summed E-state index contributed by atoms with van der Waals surface area (Å²) in [4.78, 5) is 0. The van der Waals surface area contributed by atoms with Crippen molar-refractivity contribution in [2.75, 3.05) is 19.8 Å². The summed E-state index contributed by atoms with van der Waals surface area (Å²) in [7, 11) is 0. The van der Waals surface area contributed by atoms with Gasteiger partial charge in [-0.15, -0.1) is 0 Å². The van der Waals surface area contributed by atoms with Crippen LogP contribution in [0.25, 0.3) is 10.8 Å². The number of fused-ring (bicyclic) bond motifs is 1. The second-order valence-corrected chi connectivity index (χ2v) is 7.05. The van der Waals surface area contributed by atoms with Gasteiger partial charge in [0.25, 0.3) is 0 Å². The molecule has 26 heavy (non-hydrogen) atoms. The van der Waals surface area contributed by atoms with Crippen LogP contribution < -0.4 is 4.74 Å². The van der Waals surface area contributed by atoms with E-state index in [1.807, 2.05) is 12.1 Å². The lowest BCUT2D eigenvalue weighted by Crippen LogP contribution is -2.37. The Kier molecular flexibility index (Phi) is 4.91. The Labute approximate surface area is 154 Å². The molecule has 3 nitrogen and oxygen atoms in total. The SMILES string of the molecule is OCC1(c2cccc(OCc3ccc4ccccc4c3)c2)CCOCC1. The molecule has 1 N–H and O–H groups in total. The van der Waals surface area contributed by atoms with Crippen LogP contribution in [0.1, 0.15) is 24.0 Å². The maximum absolute atomic E-state index is 10.00. The molecular formula is C23H24O3. The van der Waals surface area contributed by atoms with E-state index in [-0.39, 0.29) is 12.0 Å². The summed E-state index contributed by atoms with van der Waals surface area (Å²) < 4.78 is 11.5. The first-order valence-electron chi connectivity index (χ1n) is 9.19. The molecule has 0 unspecified atom stereocenters. The molecule has 0 aromatic heterocycles. The molecule has 1 saturated heterocycles. The third-order valence-electron chi connectivity index (χ3n) is 5.42. The van der Waals surface area contributed by atoms with Crippen LogP contribution in [0.2, 0.25) is 0 Å². The van der Waals surface area contributed by atoms with Crippen molar-refractivity contribution in [1.29, 1.82) is 0 Å². The first-order valence-corrected chi connectivity index (χ1v) is 9.19. The van der Waals surface area contributed by atoms with Crippen molar-refractivity contribution < 1.29 is 14.6 Å². The van der Waals surface area contributed by atoms with Crippen molar-refractivity contribution in [2.45, 2.75) is 24.9 Å². The maximum atomic E-state index is 10.00. The van der Waals surface area contributed by atoms with Crippen molar-refractivity contribution in [2.24, 2.45) is 0 Å². The Morgan fingerprint density at radius 2 is 1.69 bits per heavy atom. The Hall–Kier alpha value is -2.36. The Balaban J connectivity index is 1.51. The Morgan fingerprint density at radius 3 is 2.50 bits per heavy atom. The molecule has 1 aliphatic rings. The Morgan fingerprint density at radius 1 is 0.885 bits per heavy atom. The summed E-state index contributed by atoms with van der Waals surface area (Å²) in [6.07, 6.45) is 1.69. The topological polar surface area (TPSA) is 38.7 Å². The quantitative estimate of drug-likeness (QED) is 0.740. The van der Waals surface area contributed by atoms with E-state index in [1.165, 1.54) is 10.8 Å². The zero-order chi connectivity index (χ0) is 17.8. The Bertz CT molecular complexity index is 881. The van der Waals surface area contributed by atoms with Gasteiger partial charge in [-0.1, -0.05) is 48.5 Å². The summed E-state index contributed by atoms with van der Waals surface area (Å²) in [5.41, 5.74) is 2.08. The van der Waals surface area contributed by atoms with Gasteiger partial charge in [0.1, 0.15) is 12.4 Å². The zero-order valence-electron chi connectivity index (χ0n) is 14.9. The summed E-state index contributed by atoms with van der Waals surface area (Å²) in [5.74, 6) is 0.843. The normalized spacial score (nSPS) is 16.5. The van der Waals surface area contributed by atoms with Gasteiger partial charge in [0.15, 0.2) is 0 Å². The van der Waals surface area contributed by atoms with Crippen molar-refractivity contribution in [3.05, 3.63) is 77.9 Å². The van der Waals surface area contributed by atoms with Crippen molar-refractivity contribution in [3.63, 3.8) is 0 Å². The van der Waals surface area contributed by atoms with Crippen LogP contribution in [0.4, 0.5) is 0 Å². The third kappa shape index (κ3) is 3.46. The molecule has 1 fully saturated rings. The van der Waals surface area contributed by atoms with Gasteiger partial charge in [0, 0.05) is 18.6 Å². The smallest absolute Gasteiger partial charge is 0.120 e. The maximum Gasteiger partial charge on any atom is 0.120 e. The minimum absolute atomic E-state index is 0.143. The van der Waals surface area contributed by atoms with E-state index in [1.54, 1.807) is 0 Å². The molecule has 0 spiro atoms. The van der Waals surface area contributed by atoms with Crippen LogP contribution in [-0.4, -0.2) is 24.9 Å². The monoisotopic (exact) mass is 348 g/mol. The van der Waals surface area contributed by atoms with E-state index >= 15 is 0 Å². The van der Waals surface area contributed by atoms with Gasteiger partial charge in [-0.25, -0.2) is 0 Å². The van der Waals surface area contributed by atoms with E-state index in [0.717, 1.165) is 29.7 Å². The lowest BCUT2D eigenvalue weighted by molar-refractivity contribution is 0.0252. The van der Waals surface area contributed by atoms with E-state index in [4.69, 9.17) is 9.47 Å². The van der Waals surface area contributed by atoms with Crippen LogP contribution in [-0.2, 0) is 16.8 Å². The molecule has 134 valence electrons. The number of benzene rings is 3. The van der Waals surface area contributed by atoms with Gasteiger partial charge in [-0.2, -0.15) is 0 Å². The average molecular weight is 348 g/mol. The highest BCUT2D eigenvalue weighted by molar-refractivity contribution is 5.82. The van der Waals surface area contributed by atoms with Crippen LogP contribution in [0.15, 0.2) is 66.7 Å². The third-order valence-corrected chi connectivity index (χ3v) is 5.42. The summed E-state index contributed by atoms with van der Waals surface area (Å²) in [5, 5.41) is 12.5. The number of hydrogen-bond acceptors (Lipinski definition) is 3. The van der Waals surface area contributed by atoms with Crippen LogP contribution in [0.5, 0.6) is 5.75 Å². The van der Waals surface area contributed by atoms with Crippen molar-refractivity contribution >= 4 is 10.8 Å². The number of hydrogen-bond donors (Lipinski definition) is 1. The molecule has 0 atom stereocenters. The van der Waals surface area contributed by atoms with Gasteiger partial charge in [-0.3, -0.25) is 0 Å². The fourth-order valence-corrected chi connectivity index (χ4v) is 3.71. The van der Waals surface area contributed by atoms with E-state index in [2.05, 4.69) is 54.6 Å². The molecule has 0 saturated carbocycles. The highest BCUT2D eigenvalue weighted by Crippen LogP contribution is 2.36. The van der Waals surface area contributed by atoms with Crippen molar-refractivity contribution in [1.82, 2.24) is 0 Å². The van der Waals surface area contributed by atoms with Gasteiger partial charge >= 0.3 is 0 Å². The van der Waals surface area contributed by atoms with Gasteiger partial charge in [0.05, 0.1) is 6.61 Å². The molecule has 0 bridgehead atoms. The lowest BCUT2D eigenvalue weighted by Gasteiger charge is -2.36. The van der Waals surface area contributed by atoms with Crippen LogP contribution in [0.3, 0.4) is 0 Å². The number of rotatable bonds is 5.